The van der Waals surface area contributed by atoms with Gasteiger partial charge in [0.05, 0.1) is 11.4 Å². The lowest BCUT2D eigenvalue weighted by Crippen LogP contribution is -2.52. The number of guanidine groups is 2. The first-order valence-corrected chi connectivity index (χ1v) is 10.9. The van der Waals surface area contributed by atoms with Crippen LogP contribution >= 0.6 is 0 Å². The summed E-state index contributed by atoms with van der Waals surface area (Å²) < 4.78 is 0. The first-order valence-electron chi connectivity index (χ1n) is 10.9. The molecule has 6 nitrogen and oxygen atoms in total. The molecule has 0 fully saturated rings. The normalized spacial score (nSPS) is 14.3. The highest BCUT2D eigenvalue weighted by Crippen LogP contribution is 2.37. The SMILES string of the molecule is N=C(N)N(NC(N)=Nc1ccc2c3c(cccc13)CC2)c1ccc2c3c(cccc13)CC2. The molecular weight excluding hydrogens is 396 g/mol. The molecule has 6 N–H and O–H groups in total. The van der Waals surface area contributed by atoms with Gasteiger partial charge in [-0.15, -0.1) is 0 Å². The van der Waals surface area contributed by atoms with Gasteiger partial charge in [0, 0.05) is 10.8 Å². The number of hydrogen-bond donors (Lipinski definition) is 4. The van der Waals surface area contributed by atoms with Crippen molar-refractivity contribution in [3.63, 3.8) is 0 Å². The van der Waals surface area contributed by atoms with Crippen LogP contribution in [0.4, 0.5) is 11.4 Å². The summed E-state index contributed by atoms with van der Waals surface area (Å²) in [4.78, 5) is 4.66. The van der Waals surface area contributed by atoms with Crippen molar-refractivity contribution in [2.24, 2.45) is 16.5 Å². The highest BCUT2D eigenvalue weighted by Gasteiger charge is 2.21. The second kappa shape index (κ2) is 6.99. The van der Waals surface area contributed by atoms with Crippen LogP contribution in [0.1, 0.15) is 22.3 Å². The molecule has 0 atom stereocenters. The molecule has 0 amide bonds. The lowest BCUT2D eigenvalue weighted by atomic mass is 10.0. The third-order valence-corrected chi connectivity index (χ3v) is 6.66. The Morgan fingerprint density at radius 3 is 1.97 bits per heavy atom. The van der Waals surface area contributed by atoms with Gasteiger partial charge < -0.3 is 11.5 Å². The van der Waals surface area contributed by atoms with Crippen molar-refractivity contribution in [3.8, 4) is 0 Å². The predicted octanol–water partition coefficient (Wildman–Crippen LogP) is 4.04. The number of aryl methyl sites for hydroxylation is 4. The molecule has 158 valence electrons. The molecule has 0 radical (unpaired) electrons. The van der Waals surface area contributed by atoms with Gasteiger partial charge in [-0.25, -0.2) is 10.0 Å². The monoisotopic (exact) mass is 420 g/mol. The lowest BCUT2D eigenvalue weighted by Gasteiger charge is -2.25. The highest BCUT2D eigenvalue weighted by atomic mass is 15.6. The van der Waals surface area contributed by atoms with Crippen LogP contribution in [-0.2, 0) is 25.7 Å². The number of aliphatic imine (C=N–C) groups is 1. The summed E-state index contributed by atoms with van der Waals surface area (Å²) in [5.41, 5.74) is 22.3. The van der Waals surface area contributed by atoms with E-state index in [9.17, 15) is 0 Å². The summed E-state index contributed by atoms with van der Waals surface area (Å²) >= 11 is 0. The fourth-order valence-corrected chi connectivity index (χ4v) is 5.27. The lowest BCUT2D eigenvalue weighted by molar-refractivity contribution is 0.936. The number of hydrazine groups is 1. The average Bonchev–Trinajstić information content (AvgIpc) is 3.41. The second-order valence-electron chi connectivity index (χ2n) is 8.50. The van der Waals surface area contributed by atoms with Crippen molar-refractivity contribution in [1.29, 1.82) is 5.41 Å². The number of anilines is 1. The van der Waals surface area contributed by atoms with Crippen LogP contribution in [-0.4, -0.2) is 11.9 Å². The molecule has 0 spiro atoms. The Bertz CT molecular complexity index is 1430. The van der Waals surface area contributed by atoms with Crippen molar-refractivity contribution in [2.75, 3.05) is 5.01 Å². The van der Waals surface area contributed by atoms with Gasteiger partial charge in [0.2, 0.25) is 11.9 Å². The van der Waals surface area contributed by atoms with Gasteiger partial charge in [-0.3, -0.25) is 10.8 Å². The quantitative estimate of drug-likeness (QED) is 0.223. The van der Waals surface area contributed by atoms with Crippen molar-refractivity contribution in [3.05, 3.63) is 82.9 Å². The standard InChI is InChI=1S/C26H24N6/c27-25(28)32(22-14-12-18-10-8-16-4-2-6-20(22)24(16)18)31-26(29)30-21-13-11-17-9-7-15-3-1-5-19(21)23(15)17/h1-6,11-14H,7-10H2,(H3,27,28)(H3,29,30,31). The van der Waals surface area contributed by atoms with Crippen LogP contribution in [0.5, 0.6) is 0 Å². The number of nitrogens with zero attached hydrogens (tertiary/aromatic N) is 2. The average molecular weight is 421 g/mol. The Hall–Kier alpha value is -4.06. The Morgan fingerprint density at radius 2 is 1.31 bits per heavy atom. The first kappa shape index (κ1) is 18.7. The third-order valence-electron chi connectivity index (χ3n) is 6.66. The van der Waals surface area contributed by atoms with E-state index in [0.29, 0.717) is 0 Å². The minimum atomic E-state index is -0.151. The van der Waals surface area contributed by atoms with E-state index in [0.717, 1.165) is 47.8 Å². The van der Waals surface area contributed by atoms with Gasteiger partial charge >= 0.3 is 0 Å². The maximum atomic E-state index is 8.19. The van der Waals surface area contributed by atoms with Gasteiger partial charge in [0.1, 0.15) is 0 Å². The Balaban J connectivity index is 1.40. The van der Waals surface area contributed by atoms with Gasteiger partial charge in [-0.1, -0.05) is 48.5 Å². The molecule has 0 saturated carbocycles. The van der Waals surface area contributed by atoms with Gasteiger partial charge in [0.25, 0.3) is 0 Å². The van der Waals surface area contributed by atoms with E-state index in [-0.39, 0.29) is 11.9 Å². The minimum absolute atomic E-state index is 0.151. The predicted molar refractivity (Wildman–Crippen MR) is 132 cm³/mol. The molecule has 0 aromatic heterocycles. The fraction of sp³-hybridized carbons (Fsp3) is 0.154. The molecule has 6 rings (SSSR count). The van der Waals surface area contributed by atoms with Gasteiger partial charge in [0.15, 0.2) is 0 Å². The summed E-state index contributed by atoms with van der Waals surface area (Å²) in [6.07, 6.45) is 4.21. The van der Waals surface area contributed by atoms with Crippen LogP contribution in [0.2, 0.25) is 0 Å². The Labute approximate surface area is 186 Å². The zero-order valence-corrected chi connectivity index (χ0v) is 17.7. The van der Waals surface area contributed by atoms with E-state index >= 15 is 0 Å². The Kier molecular flexibility index (Phi) is 4.08. The summed E-state index contributed by atoms with van der Waals surface area (Å²) in [7, 11) is 0. The molecule has 4 aromatic rings. The van der Waals surface area contributed by atoms with Crippen LogP contribution < -0.4 is 21.9 Å². The van der Waals surface area contributed by atoms with E-state index in [1.807, 2.05) is 12.1 Å². The molecule has 4 aromatic carbocycles. The summed E-state index contributed by atoms with van der Waals surface area (Å²) in [5.74, 6) is 0.0319. The van der Waals surface area contributed by atoms with Crippen LogP contribution in [0.25, 0.3) is 21.5 Å². The van der Waals surface area contributed by atoms with Crippen molar-refractivity contribution in [2.45, 2.75) is 25.7 Å². The molecule has 0 bridgehead atoms. The van der Waals surface area contributed by atoms with Crippen molar-refractivity contribution >= 4 is 44.8 Å². The number of nitrogens with two attached hydrogens (primary N) is 2. The van der Waals surface area contributed by atoms with E-state index in [1.54, 1.807) is 0 Å². The topological polar surface area (TPSA) is 104 Å². The third kappa shape index (κ3) is 2.80. The number of benzene rings is 4. The molecular formula is C26H24N6. The number of nitrogens with one attached hydrogen (secondary N) is 2. The summed E-state index contributed by atoms with van der Waals surface area (Å²) in [6, 6.07) is 20.9. The first-order chi connectivity index (χ1) is 15.6. The molecule has 0 unspecified atom stereocenters. The van der Waals surface area contributed by atoms with Crippen LogP contribution in [0.15, 0.2) is 65.7 Å². The second-order valence-corrected chi connectivity index (χ2v) is 8.50. The number of hydrogen-bond acceptors (Lipinski definition) is 2. The van der Waals surface area contributed by atoms with E-state index in [2.05, 4.69) is 58.9 Å². The molecule has 0 heterocycles. The van der Waals surface area contributed by atoms with Crippen molar-refractivity contribution < 1.29 is 0 Å². The maximum absolute atomic E-state index is 8.19. The van der Waals surface area contributed by atoms with Gasteiger partial charge in [-0.2, -0.15) is 0 Å². The zero-order chi connectivity index (χ0) is 21.8. The van der Waals surface area contributed by atoms with Gasteiger partial charge in [-0.05, 0) is 70.8 Å². The molecule has 0 saturated heterocycles. The smallest absolute Gasteiger partial charge is 0.213 e. The largest absolute Gasteiger partial charge is 0.368 e. The van der Waals surface area contributed by atoms with E-state index in [4.69, 9.17) is 16.9 Å². The molecule has 0 aliphatic heterocycles. The summed E-state index contributed by atoms with van der Waals surface area (Å²) in [6.45, 7) is 0. The van der Waals surface area contributed by atoms with E-state index < -0.39 is 0 Å². The maximum Gasteiger partial charge on any atom is 0.213 e. The van der Waals surface area contributed by atoms with E-state index in [1.165, 1.54) is 38.0 Å². The molecule has 32 heavy (non-hydrogen) atoms. The van der Waals surface area contributed by atoms with Crippen molar-refractivity contribution in [1.82, 2.24) is 5.43 Å². The minimum Gasteiger partial charge on any atom is -0.368 e. The Morgan fingerprint density at radius 1 is 0.750 bits per heavy atom. The highest BCUT2D eigenvalue weighted by molar-refractivity contribution is 6.07. The molecule has 6 heteroatoms. The van der Waals surface area contributed by atoms with Crippen LogP contribution in [0.3, 0.4) is 0 Å². The van der Waals surface area contributed by atoms with Crippen LogP contribution in [0, 0.1) is 5.41 Å². The summed E-state index contributed by atoms with van der Waals surface area (Å²) in [5, 5.41) is 14.4. The molecule has 2 aliphatic rings. The fourth-order valence-electron chi connectivity index (χ4n) is 5.27. The molecule has 2 aliphatic carbocycles. The zero-order valence-electron chi connectivity index (χ0n) is 17.7. The number of rotatable bonds is 2.